The Labute approximate surface area is 149 Å². The van der Waals surface area contributed by atoms with E-state index in [1.807, 2.05) is 0 Å². The van der Waals surface area contributed by atoms with Gasteiger partial charge in [-0.25, -0.2) is 0 Å². The van der Waals surface area contributed by atoms with E-state index < -0.39 is 37.0 Å². The number of phenols is 2. The van der Waals surface area contributed by atoms with Gasteiger partial charge >= 0.3 is 11.9 Å². The molecular weight excluding hydrogens is 344 g/mol. The summed E-state index contributed by atoms with van der Waals surface area (Å²) < 4.78 is 0. The Kier molecular flexibility index (Phi) is 8.07. The minimum atomic E-state index is -1.17. The molecule has 2 aromatic rings. The molecule has 0 amide bonds. The molecule has 8 heteroatoms. The third-order valence-electron chi connectivity index (χ3n) is 3.49. The highest BCUT2D eigenvalue weighted by molar-refractivity contribution is 5.80. The Morgan fingerprint density at radius 1 is 0.692 bits per heavy atom. The lowest BCUT2D eigenvalue weighted by atomic mass is 9.91. The van der Waals surface area contributed by atoms with Crippen LogP contribution in [0, 0.1) is 5.92 Å². The van der Waals surface area contributed by atoms with E-state index in [9.17, 15) is 24.9 Å². The van der Waals surface area contributed by atoms with Gasteiger partial charge in [-0.1, -0.05) is 24.3 Å². The highest BCUT2D eigenvalue weighted by Gasteiger charge is 2.21. The normalized spacial score (nSPS) is 10.3. The van der Waals surface area contributed by atoms with Gasteiger partial charge in [0, 0.05) is 0 Å². The van der Waals surface area contributed by atoms with Gasteiger partial charge in [-0.2, -0.15) is 0 Å². The number of aliphatic carboxylic acids is 2. The van der Waals surface area contributed by atoms with Crippen LogP contribution in [0.25, 0.3) is 0 Å². The number of rotatable bonds is 6. The van der Waals surface area contributed by atoms with E-state index in [1.165, 1.54) is 24.3 Å². The lowest BCUT2D eigenvalue weighted by Gasteiger charge is -2.13. The van der Waals surface area contributed by atoms with Crippen LogP contribution in [0.5, 0.6) is 11.5 Å². The standard InChI is InChI=1S/C14H12O4.C4H8O4/c15-11-5-1-9(2-6-11)13(14(17)18)10-3-7-12(16)8-4-10;5-1-3(2-6)4(7)8/h1-8,13,15-16H,(H,17,18);3,5-6H,1-2H2,(H,7,8). The van der Waals surface area contributed by atoms with Crippen molar-refractivity contribution in [2.45, 2.75) is 5.92 Å². The molecule has 0 unspecified atom stereocenters. The average molecular weight is 364 g/mol. The highest BCUT2D eigenvalue weighted by atomic mass is 16.4. The van der Waals surface area contributed by atoms with Crippen LogP contribution in [-0.4, -0.2) is 55.8 Å². The maximum Gasteiger partial charge on any atom is 0.315 e. The van der Waals surface area contributed by atoms with Crippen molar-refractivity contribution >= 4 is 11.9 Å². The van der Waals surface area contributed by atoms with Crippen LogP contribution in [0.15, 0.2) is 48.5 Å². The van der Waals surface area contributed by atoms with E-state index in [1.54, 1.807) is 24.3 Å². The third kappa shape index (κ3) is 6.08. The molecule has 0 spiro atoms. The molecule has 0 fully saturated rings. The van der Waals surface area contributed by atoms with Crippen molar-refractivity contribution in [2.75, 3.05) is 13.2 Å². The average Bonchev–Trinajstić information content (AvgIpc) is 2.60. The molecule has 0 aromatic heterocycles. The van der Waals surface area contributed by atoms with Crippen LogP contribution in [0.1, 0.15) is 17.0 Å². The Bertz CT molecular complexity index is 659. The number of carboxylic acids is 2. The third-order valence-corrected chi connectivity index (χ3v) is 3.49. The summed E-state index contributed by atoms with van der Waals surface area (Å²) in [6.45, 7) is -1.02. The number of phenolic OH excluding ortho intramolecular Hbond substituents is 2. The number of benzene rings is 2. The van der Waals surface area contributed by atoms with Gasteiger partial charge in [0.05, 0.1) is 13.2 Å². The van der Waals surface area contributed by atoms with Crippen molar-refractivity contribution in [1.29, 1.82) is 0 Å². The van der Waals surface area contributed by atoms with Gasteiger partial charge in [0.25, 0.3) is 0 Å². The molecular formula is C18H20O8. The van der Waals surface area contributed by atoms with Crippen LogP contribution >= 0.6 is 0 Å². The van der Waals surface area contributed by atoms with Crippen LogP contribution in [0.4, 0.5) is 0 Å². The fourth-order valence-electron chi connectivity index (χ4n) is 2.03. The molecule has 0 aliphatic heterocycles. The summed E-state index contributed by atoms with van der Waals surface area (Å²) in [7, 11) is 0. The van der Waals surface area contributed by atoms with Crippen molar-refractivity contribution in [2.24, 2.45) is 5.92 Å². The van der Waals surface area contributed by atoms with Gasteiger partial charge in [-0.05, 0) is 35.4 Å². The quantitative estimate of drug-likeness (QED) is 0.443. The number of aromatic hydroxyl groups is 2. The number of hydrogen-bond donors (Lipinski definition) is 6. The van der Waals surface area contributed by atoms with Crippen molar-refractivity contribution in [3.63, 3.8) is 0 Å². The first-order valence-electron chi connectivity index (χ1n) is 7.55. The zero-order valence-electron chi connectivity index (χ0n) is 13.7. The minimum Gasteiger partial charge on any atom is -0.508 e. The second-order valence-corrected chi connectivity index (χ2v) is 5.35. The smallest absolute Gasteiger partial charge is 0.315 e. The van der Waals surface area contributed by atoms with Gasteiger partial charge in [0.15, 0.2) is 0 Å². The van der Waals surface area contributed by atoms with Crippen LogP contribution in [0.3, 0.4) is 0 Å². The lowest BCUT2D eigenvalue weighted by Crippen LogP contribution is -2.21. The van der Waals surface area contributed by atoms with Crippen LogP contribution in [-0.2, 0) is 9.59 Å². The molecule has 140 valence electrons. The Balaban J connectivity index is 0.000000359. The summed E-state index contributed by atoms with van der Waals surface area (Å²) in [5.41, 5.74) is 1.15. The van der Waals surface area contributed by atoms with Gasteiger partial charge in [-0.3, -0.25) is 9.59 Å². The Morgan fingerprint density at radius 3 is 1.23 bits per heavy atom. The second kappa shape index (κ2) is 10.0. The van der Waals surface area contributed by atoms with Gasteiger partial charge in [-0.15, -0.1) is 0 Å². The number of carbonyl (C=O) groups is 2. The van der Waals surface area contributed by atoms with E-state index >= 15 is 0 Å². The van der Waals surface area contributed by atoms with Crippen LogP contribution in [0.2, 0.25) is 0 Å². The van der Waals surface area contributed by atoms with Crippen molar-refractivity contribution in [3.8, 4) is 11.5 Å². The summed E-state index contributed by atoms with van der Waals surface area (Å²) in [5.74, 6) is -3.80. The Hall–Kier alpha value is -3.10. The summed E-state index contributed by atoms with van der Waals surface area (Å²) in [6.07, 6.45) is 0. The van der Waals surface area contributed by atoms with E-state index in [0.717, 1.165) is 0 Å². The topological polar surface area (TPSA) is 156 Å². The van der Waals surface area contributed by atoms with E-state index in [-0.39, 0.29) is 11.5 Å². The number of aliphatic hydroxyl groups is 2. The number of aliphatic hydroxyl groups excluding tert-OH is 2. The molecule has 26 heavy (non-hydrogen) atoms. The van der Waals surface area contributed by atoms with E-state index in [0.29, 0.717) is 11.1 Å². The maximum absolute atomic E-state index is 11.3. The zero-order valence-corrected chi connectivity index (χ0v) is 13.7. The van der Waals surface area contributed by atoms with Crippen LogP contribution < -0.4 is 0 Å². The zero-order chi connectivity index (χ0) is 19.7. The fourth-order valence-corrected chi connectivity index (χ4v) is 2.03. The number of carboxylic acid groups (broad SMARTS) is 2. The predicted octanol–water partition coefficient (Wildman–Crippen LogP) is 0.986. The highest BCUT2D eigenvalue weighted by Crippen LogP contribution is 2.27. The number of hydrogen-bond acceptors (Lipinski definition) is 6. The van der Waals surface area contributed by atoms with Crippen molar-refractivity contribution < 1.29 is 40.2 Å². The van der Waals surface area contributed by atoms with Gasteiger partial charge in [0.2, 0.25) is 0 Å². The molecule has 0 radical (unpaired) electrons. The monoisotopic (exact) mass is 364 g/mol. The van der Waals surface area contributed by atoms with Crippen molar-refractivity contribution in [3.05, 3.63) is 59.7 Å². The fraction of sp³-hybridized carbons (Fsp3) is 0.222. The van der Waals surface area contributed by atoms with Crippen molar-refractivity contribution in [1.82, 2.24) is 0 Å². The van der Waals surface area contributed by atoms with Gasteiger partial charge in [0.1, 0.15) is 23.3 Å². The first-order chi connectivity index (χ1) is 12.3. The van der Waals surface area contributed by atoms with E-state index in [2.05, 4.69) is 0 Å². The summed E-state index contributed by atoms with van der Waals surface area (Å²) in [6, 6.07) is 12.1. The molecule has 0 atom stereocenters. The molecule has 0 saturated carbocycles. The summed E-state index contributed by atoms with van der Waals surface area (Å²) >= 11 is 0. The predicted molar refractivity (Wildman–Crippen MR) is 91.0 cm³/mol. The summed E-state index contributed by atoms with van der Waals surface area (Å²) in [5, 5.41) is 52.1. The summed E-state index contributed by atoms with van der Waals surface area (Å²) in [4.78, 5) is 21.2. The maximum atomic E-state index is 11.3. The molecule has 2 aromatic carbocycles. The molecule has 8 nitrogen and oxygen atoms in total. The molecule has 0 heterocycles. The second-order valence-electron chi connectivity index (χ2n) is 5.35. The SMILES string of the molecule is O=C(O)C(CO)CO.O=C(O)C(c1ccc(O)cc1)c1ccc(O)cc1. The molecule has 0 bridgehead atoms. The minimum absolute atomic E-state index is 0.0913. The first kappa shape index (κ1) is 20.9. The van der Waals surface area contributed by atoms with Gasteiger partial charge < -0.3 is 30.6 Å². The molecule has 2 rings (SSSR count). The Morgan fingerprint density at radius 2 is 1.04 bits per heavy atom. The first-order valence-corrected chi connectivity index (χ1v) is 7.55. The largest absolute Gasteiger partial charge is 0.508 e. The molecule has 0 aliphatic rings. The molecule has 0 saturated heterocycles. The lowest BCUT2D eigenvalue weighted by molar-refractivity contribution is -0.144. The van der Waals surface area contributed by atoms with E-state index in [4.69, 9.17) is 15.3 Å². The molecule has 6 N–H and O–H groups in total. The molecule has 0 aliphatic carbocycles.